The monoisotopic (exact) mass is 151 g/mol. The van der Waals surface area contributed by atoms with E-state index in [-0.39, 0.29) is 11.8 Å². The molecule has 1 aliphatic rings. The summed E-state index contributed by atoms with van der Waals surface area (Å²) in [6.45, 7) is 0. The van der Waals surface area contributed by atoms with Gasteiger partial charge in [-0.2, -0.15) is 0 Å². The summed E-state index contributed by atoms with van der Waals surface area (Å²) < 4.78 is 0. The highest BCUT2D eigenvalue weighted by Gasteiger charge is 2.25. The molecule has 1 rings (SSSR count). The average molecular weight is 151 g/mol. The van der Waals surface area contributed by atoms with Gasteiger partial charge in [-0.1, -0.05) is 6.42 Å². The maximum Gasteiger partial charge on any atom is 0.205 e. The molecular weight excluding hydrogens is 138 g/mol. The van der Waals surface area contributed by atoms with Gasteiger partial charge in [0.15, 0.2) is 0 Å². The molecular formula is C9H13NO. The third-order valence-corrected chi connectivity index (χ3v) is 2.33. The van der Waals surface area contributed by atoms with E-state index in [0.29, 0.717) is 12.3 Å². The molecule has 0 heterocycles. The summed E-state index contributed by atoms with van der Waals surface area (Å²) in [5, 5.41) is 0. The van der Waals surface area contributed by atoms with E-state index in [1.54, 1.807) is 0 Å². The minimum Gasteiger partial charge on any atom is -0.327 e. The zero-order chi connectivity index (χ0) is 8.27. The fourth-order valence-corrected chi connectivity index (χ4v) is 1.62. The van der Waals surface area contributed by atoms with Crippen LogP contribution < -0.4 is 5.73 Å². The Balaban J connectivity index is 2.38. The van der Waals surface area contributed by atoms with Crippen molar-refractivity contribution in [2.45, 2.75) is 31.7 Å². The summed E-state index contributed by atoms with van der Waals surface area (Å²) in [5.74, 6) is 2.36. The first-order valence-corrected chi connectivity index (χ1v) is 3.99. The molecule has 0 aromatic rings. The number of hydrogen-bond acceptors (Lipinski definition) is 2. The van der Waals surface area contributed by atoms with Gasteiger partial charge in [0, 0.05) is 12.5 Å². The third-order valence-electron chi connectivity index (χ3n) is 2.33. The van der Waals surface area contributed by atoms with Crippen LogP contribution in [0.3, 0.4) is 0 Å². The third kappa shape index (κ3) is 2.06. The summed E-state index contributed by atoms with van der Waals surface area (Å²) in [6.07, 6.45) is 8.69. The van der Waals surface area contributed by atoms with E-state index in [9.17, 15) is 4.79 Å². The molecule has 2 N–H and O–H groups in total. The van der Waals surface area contributed by atoms with Crippen molar-refractivity contribution in [2.24, 2.45) is 11.7 Å². The number of terminal acetylenes is 1. The van der Waals surface area contributed by atoms with Crippen molar-refractivity contribution < 1.29 is 4.79 Å². The van der Waals surface area contributed by atoms with Crippen molar-refractivity contribution in [3.05, 3.63) is 0 Å². The lowest BCUT2D eigenvalue weighted by atomic mass is 9.98. The van der Waals surface area contributed by atoms with Gasteiger partial charge in [0.25, 0.3) is 0 Å². The van der Waals surface area contributed by atoms with Crippen molar-refractivity contribution >= 4 is 5.78 Å². The van der Waals surface area contributed by atoms with Gasteiger partial charge in [0.2, 0.25) is 5.78 Å². The van der Waals surface area contributed by atoms with Crippen LogP contribution in [0.2, 0.25) is 0 Å². The number of Topliss-reactive ketones (excluding diaryl/α,β-unsaturated/α-hetero) is 1. The Labute approximate surface area is 67.2 Å². The van der Waals surface area contributed by atoms with E-state index in [4.69, 9.17) is 12.2 Å². The predicted octanol–water partition coefficient (Wildman–Crippen LogP) is 0.706. The SMILES string of the molecule is C#CC(=O)CC1CCCC1N. The normalized spacial score (nSPS) is 29.8. The molecule has 0 amide bonds. The molecule has 1 fully saturated rings. The van der Waals surface area contributed by atoms with Gasteiger partial charge >= 0.3 is 0 Å². The van der Waals surface area contributed by atoms with E-state index in [1.165, 1.54) is 0 Å². The highest BCUT2D eigenvalue weighted by molar-refractivity contribution is 5.95. The van der Waals surface area contributed by atoms with Gasteiger partial charge in [-0.05, 0) is 24.7 Å². The summed E-state index contributed by atoms with van der Waals surface area (Å²) in [6, 6.07) is 0.201. The maximum atomic E-state index is 10.8. The minimum atomic E-state index is -0.104. The topological polar surface area (TPSA) is 43.1 Å². The Morgan fingerprint density at radius 3 is 2.82 bits per heavy atom. The number of ketones is 1. The molecule has 2 unspecified atom stereocenters. The summed E-state index contributed by atoms with van der Waals surface area (Å²) >= 11 is 0. The van der Waals surface area contributed by atoms with Gasteiger partial charge < -0.3 is 5.73 Å². The van der Waals surface area contributed by atoms with Crippen LogP contribution >= 0.6 is 0 Å². The van der Waals surface area contributed by atoms with Crippen LogP contribution in [-0.4, -0.2) is 11.8 Å². The Morgan fingerprint density at radius 1 is 1.64 bits per heavy atom. The van der Waals surface area contributed by atoms with Crippen LogP contribution in [-0.2, 0) is 4.79 Å². The van der Waals surface area contributed by atoms with E-state index < -0.39 is 0 Å². The standard InChI is InChI=1S/C9H13NO/c1-2-8(11)6-7-4-3-5-9(7)10/h1,7,9H,3-6,10H2. The zero-order valence-electron chi connectivity index (χ0n) is 6.55. The number of carbonyl (C=O) groups excluding carboxylic acids is 1. The fraction of sp³-hybridized carbons (Fsp3) is 0.667. The second-order valence-electron chi connectivity index (χ2n) is 3.13. The Bertz CT molecular complexity index is 192. The van der Waals surface area contributed by atoms with Crippen LogP contribution in [0.1, 0.15) is 25.7 Å². The predicted molar refractivity (Wildman–Crippen MR) is 43.8 cm³/mol. The second kappa shape index (κ2) is 3.54. The first kappa shape index (κ1) is 8.29. The lowest BCUT2D eigenvalue weighted by Crippen LogP contribution is -2.25. The molecule has 0 spiro atoms. The van der Waals surface area contributed by atoms with Gasteiger partial charge in [-0.15, -0.1) is 6.42 Å². The van der Waals surface area contributed by atoms with Gasteiger partial charge in [-0.25, -0.2) is 0 Å². The van der Waals surface area contributed by atoms with Crippen molar-refractivity contribution in [1.82, 2.24) is 0 Å². The largest absolute Gasteiger partial charge is 0.327 e. The Morgan fingerprint density at radius 2 is 2.36 bits per heavy atom. The second-order valence-corrected chi connectivity index (χ2v) is 3.13. The molecule has 0 saturated heterocycles. The number of carbonyl (C=O) groups is 1. The van der Waals surface area contributed by atoms with E-state index in [0.717, 1.165) is 19.3 Å². The lowest BCUT2D eigenvalue weighted by molar-refractivity contribution is -0.114. The number of rotatable bonds is 2. The first-order chi connectivity index (χ1) is 5.24. The summed E-state index contributed by atoms with van der Waals surface area (Å²) in [7, 11) is 0. The molecule has 0 aliphatic heterocycles. The first-order valence-electron chi connectivity index (χ1n) is 3.99. The summed E-state index contributed by atoms with van der Waals surface area (Å²) in [4.78, 5) is 10.8. The van der Waals surface area contributed by atoms with Crippen LogP contribution in [0.5, 0.6) is 0 Å². The smallest absolute Gasteiger partial charge is 0.205 e. The minimum absolute atomic E-state index is 0.104. The molecule has 0 bridgehead atoms. The molecule has 0 radical (unpaired) electrons. The highest BCUT2D eigenvalue weighted by Crippen LogP contribution is 2.26. The molecule has 2 atom stereocenters. The van der Waals surface area contributed by atoms with Crippen molar-refractivity contribution in [2.75, 3.05) is 0 Å². The van der Waals surface area contributed by atoms with Gasteiger partial charge in [-0.3, -0.25) is 4.79 Å². The number of hydrogen-bond donors (Lipinski definition) is 1. The molecule has 1 saturated carbocycles. The van der Waals surface area contributed by atoms with E-state index >= 15 is 0 Å². The van der Waals surface area contributed by atoms with E-state index in [2.05, 4.69) is 5.92 Å². The molecule has 60 valence electrons. The van der Waals surface area contributed by atoms with Crippen LogP contribution in [0.25, 0.3) is 0 Å². The molecule has 2 nitrogen and oxygen atoms in total. The summed E-state index contributed by atoms with van der Waals surface area (Å²) in [5.41, 5.74) is 5.76. The zero-order valence-corrected chi connectivity index (χ0v) is 6.55. The molecule has 0 aromatic heterocycles. The maximum absolute atomic E-state index is 10.8. The number of nitrogens with two attached hydrogens (primary N) is 1. The van der Waals surface area contributed by atoms with E-state index in [1.807, 2.05) is 0 Å². The fourth-order valence-electron chi connectivity index (χ4n) is 1.62. The molecule has 2 heteroatoms. The highest BCUT2D eigenvalue weighted by atomic mass is 16.1. The average Bonchev–Trinajstić information content (AvgIpc) is 2.37. The van der Waals surface area contributed by atoms with Crippen molar-refractivity contribution in [3.8, 4) is 12.3 Å². The van der Waals surface area contributed by atoms with Crippen molar-refractivity contribution in [3.63, 3.8) is 0 Å². The molecule has 11 heavy (non-hydrogen) atoms. The van der Waals surface area contributed by atoms with Gasteiger partial charge in [0.1, 0.15) is 0 Å². The van der Waals surface area contributed by atoms with Gasteiger partial charge in [0.05, 0.1) is 0 Å². The Kier molecular flexibility index (Phi) is 2.67. The van der Waals surface area contributed by atoms with Crippen LogP contribution in [0.15, 0.2) is 0 Å². The van der Waals surface area contributed by atoms with Crippen molar-refractivity contribution in [1.29, 1.82) is 0 Å². The van der Waals surface area contributed by atoms with Crippen LogP contribution in [0, 0.1) is 18.3 Å². The lowest BCUT2D eigenvalue weighted by Gasteiger charge is -2.11. The van der Waals surface area contributed by atoms with Crippen LogP contribution in [0.4, 0.5) is 0 Å². The molecule has 0 aromatic carbocycles. The Hall–Kier alpha value is -0.810. The quantitative estimate of drug-likeness (QED) is 0.466. The molecule has 1 aliphatic carbocycles.